The molecular weight excluding hydrogens is 272 g/mol. The first-order chi connectivity index (χ1) is 9.46. The summed E-state index contributed by atoms with van der Waals surface area (Å²) in [6.07, 6.45) is 9.09. The lowest BCUT2D eigenvalue weighted by Crippen LogP contribution is -2.05. The van der Waals surface area contributed by atoms with E-state index < -0.39 is 10.1 Å². The summed E-state index contributed by atoms with van der Waals surface area (Å²) in [4.78, 5) is 0.103. The standard InChI is InChI=1S/C16H26O3S/c1-3-4-5-6-7-8-9-12-15-13-10-11-14(2)16(15)20(17,18)19/h10-11,13H,3-9,12H2,1-2H3,(H,17,18,19). The van der Waals surface area contributed by atoms with Crippen LogP contribution in [0.2, 0.25) is 0 Å². The molecule has 0 radical (unpaired) electrons. The molecule has 0 atom stereocenters. The Kier molecular flexibility index (Phi) is 7.24. The van der Waals surface area contributed by atoms with E-state index in [-0.39, 0.29) is 4.90 Å². The maximum atomic E-state index is 11.4. The summed E-state index contributed by atoms with van der Waals surface area (Å²) in [7, 11) is -4.12. The maximum absolute atomic E-state index is 11.4. The van der Waals surface area contributed by atoms with E-state index in [1.807, 2.05) is 6.07 Å². The molecule has 1 aromatic rings. The van der Waals surface area contributed by atoms with Gasteiger partial charge in [-0.05, 0) is 30.9 Å². The van der Waals surface area contributed by atoms with Gasteiger partial charge < -0.3 is 0 Å². The largest absolute Gasteiger partial charge is 0.295 e. The summed E-state index contributed by atoms with van der Waals surface area (Å²) in [6.45, 7) is 3.92. The Labute approximate surface area is 123 Å². The minimum atomic E-state index is -4.12. The first-order valence-electron chi connectivity index (χ1n) is 7.52. The third-order valence-corrected chi connectivity index (χ3v) is 4.70. The molecule has 0 saturated carbocycles. The van der Waals surface area contributed by atoms with Crippen molar-refractivity contribution in [1.82, 2.24) is 0 Å². The van der Waals surface area contributed by atoms with Crippen molar-refractivity contribution in [3.05, 3.63) is 29.3 Å². The van der Waals surface area contributed by atoms with Crippen LogP contribution in [0.5, 0.6) is 0 Å². The van der Waals surface area contributed by atoms with Crippen LogP contribution in [0.3, 0.4) is 0 Å². The Bertz CT molecular complexity index is 506. The molecule has 0 aliphatic rings. The van der Waals surface area contributed by atoms with Crippen LogP contribution < -0.4 is 0 Å². The Hall–Kier alpha value is -0.870. The van der Waals surface area contributed by atoms with Gasteiger partial charge in [0.25, 0.3) is 10.1 Å². The number of hydrogen-bond acceptors (Lipinski definition) is 2. The predicted molar refractivity (Wildman–Crippen MR) is 82.7 cm³/mol. The van der Waals surface area contributed by atoms with Crippen molar-refractivity contribution < 1.29 is 13.0 Å². The molecule has 0 spiro atoms. The number of benzene rings is 1. The van der Waals surface area contributed by atoms with E-state index in [0.29, 0.717) is 12.0 Å². The number of unbranched alkanes of at least 4 members (excludes halogenated alkanes) is 6. The molecule has 1 N–H and O–H groups in total. The third-order valence-electron chi connectivity index (χ3n) is 3.60. The summed E-state index contributed by atoms with van der Waals surface area (Å²) < 4.78 is 32.2. The Morgan fingerprint density at radius 1 is 1.00 bits per heavy atom. The summed E-state index contributed by atoms with van der Waals surface area (Å²) in [5.74, 6) is 0. The number of hydrogen-bond donors (Lipinski definition) is 1. The quantitative estimate of drug-likeness (QED) is 0.538. The second kappa shape index (κ2) is 8.42. The number of rotatable bonds is 9. The highest BCUT2D eigenvalue weighted by Crippen LogP contribution is 2.22. The lowest BCUT2D eigenvalue weighted by atomic mass is 10.0. The summed E-state index contributed by atoms with van der Waals surface area (Å²) >= 11 is 0. The molecule has 0 heterocycles. The van der Waals surface area contributed by atoms with Crippen LogP contribution >= 0.6 is 0 Å². The highest BCUT2D eigenvalue weighted by atomic mass is 32.2. The van der Waals surface area contributed by atoms with Gasteiger partial charge in [0.1, 0.15) is 0 Å². The van der Waals surface area contributed by atoms with Gasteiger partial charge in [0.15, 0.2) is 0 Å². The SMILES string of the molecule is CCCCCCCCCc1cccc(C)c1S(=O)(=O)O. The van der Waals surface area contributed by atoms with Crippen LogP contribution in [0.1, 0.15) is 63.0 Å². The van der Waals surface area contributed by atoms with E-state index in [1.165, 1.54) is 32.1 Å². The molecule has 0 unspecified atom stereocenters. The Balaban J connectivity index is 2.51. The second-order valence-electron chi connectivity index (χ2n) is 5.41. The maximum Gasteiger partial charge on any atom is 0.295 e. The molecule has 0 saturated heterocycles. The lowest BCUT2D eigenvalue weighted by molar-refractivity contribution is 0.481. The Morgan fingerprint density at radius 2 is 1.60 bits per heavy atom. The highest BCUT2D eigenvalue weighted by Gasteiger charge is 2.17. The van der Waals surface area contributed by atoms with Crippen molar-refractivity contribution in [2.45, 2.75) is 70.1 Å². The fourth-order valence-electron chi connectivity index (χ4n) is 2.55. The third kappa shape index (κ3) is 5.63. The van der Waals surface area contributed by atoms with Gasteiger partial charge in [-0.1, -0.05) is 63.6 Å². The minimum Gasteiger partial charge on any atom is -0.282 e. The van der Waals surface area contributed by atoms with Gasteiger partial charge in [-0.15, -0.1) is 0 Å². The molecule has 0 aromatic heterocycles. The molecule has 4 heteroatoms. The van der Waals surface area contributed by atoms with Gasteiger partial charge in [0.05, 0.1) is 4.90 Å². The molecule has 1 rings (SSSR count). The first-order valence-corrected chi connectivity index (χ1v) is 8.96. The van der Waals surface area contributed by atoms with Crippen LogP contribution in [0.15, 0.2) is 23.1 Å². The zero-order valence-corrected chi connectivity index (χ0v) is 13.4. The summed E-state index contributed by atoms with van der Waals surface area (Å²) in [5, 5.41) is 0. The van der Waals surface area contributed by atoms with Crippen LogP contribution in [-0.4, -0.2) is 13.0 Å². The lowest BCUT2D eigenvalue weighted by Gasteiger charge is -2.09. The van der Waals surface area contributed by atoms with Crippen molar-refractivity contribution >= 4 is 10.1 Å². The van der Waals surface area contributed by atoms with Gasteiger partial charge in [-0.3, -0.25) is 4.55 Å². The Morgan fingerprint density at radius 3 is 2.20 bits per heavy atom. The minimum absolute atomic E-state index is 0.103. The summed E-state index contributed by atoms with van der Waals surface area (Å²) in [5.41, 5.74) is 1.36. The smallest absolute Gasteiger partial charge is 0.282 e. The van der Waals surface area contributed by atoms with Gasteiger partial charge in [-0.25, -0.2) is 0 Å². The monoisotopic (exact) mass is 298 g/mol. The predicted octanol–water partition coefficient (Wildman–Crippen LogP) is 4.53. The molecular formula is C16H26O3S. The van der Waals surface area contributed by atoms with Crippen molar-refractivity contribution in [2.75, 3.05) is 0 Å². The topological polar surface area (TPSA) is 54.4 Å². The molecule has 3 nitrogen and oxygen atoms in total. The van der Waals surface area contributed by atoms with Crippen molar-refractivity contribution in [2.24, 2.45) is 0 Å². The molecule has 1 aromatic carbocycles. The fraction of sp³-hybridized carbons (Fsp3) is 0.625. The van der Waals surface area contributed by atoms with E-state index in [0.717, 1.165) is 18.4 Å². The average molecular weight is 298 g/mol. The highest BCUT2D eigenvalue weighted by molar-refractivity contribution is 7.86. The van der Waals surface area contributed by atoms with Crippen LogP contribution in [0, 0.1) is 6.92 Å². The molecule has 20 heavy (non-hydrogen) atoms. The molecule has 114 valence electrons. The first kappa shape index (κ1) is 17.2. The van der Waals surface area contributed by atoms with Crippen LogP contribution in [0.4, 0.5) is 0 Å². The van der Waals surface area contributed by atoms with E-state index >= 15 is 0 Å². The van der Waals surface area contributed by atoms with Crippen LogP contribution in [-0.2, 0) is 16.5 Å². The van der Waals surface area contributed by atoms with Crippen molar-refractivity contribution in [3.63, 3.8) is 0 Å². The van der Waals surface area contributed by atoms with E-state index in [2.05, 4.69) is 6.92 Å². The molecule has 0 fully saturated rings. The van der Waals surface area contributed by atoms with E-state index in [9.17, 15) is 13.0 Å². The van der Waals surface area contributed by atoms with E-state index in [1.54, 1.807) is 19.1 Å². The normalized spacial score (nSPS) is 11.8. The van der Waals surface area contributed by atoms with E-state index in [4.69, 9.17) is 0 Å². The van der Waals surface area contributed by atoms with Gasteiger partial charge >= 0.3 is 0 Å². The van der Waals surface area contributed by atoms with Gasteiger partial charge in [-0.2, -0.15) is 8.42 Å². The number of aryl methyl sites for hydroxylation is 2. The molecule has 0 bridgehead atoms. The average Bonchev–Trinajstić information content (AvgIpc) is 2.36. The van der Waals surface area contributed by atoms with Gasteiger partial charge in [0.2, 0.25) is 0 Å². The zero-order chi connectivity index (χ0) is 15.0. The molecule has 0 aliphatic heterocycles. The van der Waals surface area contributed by atoms with Gasteiger partial charge in [0, 0.05) is 0 Å². The second-order valence-corrected chi connectivity index (χ2v) is 6.77. The summed E-state index contributed by atoms with van der Waals surface area (Å²) in [6, 6.07) is 5.37. The molecule has 0 amide bonds. The fourth-order valence-corrected chi connectivity index (χ4v) is 3.53. The van der Waals surface area contributed by atoms with Crippen molar-refractivity contribution in [1.29, 1.82) is 0 Å². The van der Waals surface area contributed by atoms with Crippen LogP contribution in [0.25, 0.3) is 0 Å². The molecule has 0 aliphatic carbocycles. The zero-order valence-electron chi connectivity index (χ0n) is 12.6. The van der Waals surface area contributed by atoms with Crippen molar-refractivity contribution in [3.8, 4) is 0 Å².